The molecule has 0 bridgehead atoms. The molecule has 0 fully saturated rings. The van der Waals surface area contributed by atoms with Crippen LogP contribution in [0.5, 0.6) is 0 Å². The molecule has 0 aliphatic carbocycles. The highest BCUT2D eigenvalue weighted by molar-refractivity contribution is 5.70. The maximum absolute atomic E-state index is 10.7. The number of aliphatic carboxylic acids is 1. The van der Waals surface area contributed by atoms with Gasteiger partial charge >= 0.3 is 5.97 Å². The van der Waals surface area contributed by atoms with Crippen LogP contribution in [-0.2, 0) is 4.79 Å². The van der Waals surface area contributed by atoms with Gasteiger partial charge in [-0.05, 0) is 27.2 Å². The van der Waals surface area contributed by atoms with E-state index in [0.29, 0.717) is 12.8 Å². The van der Waals surface area contributed by atoms with Gasteiger partial charge in [0.1, 0.15) is 0 Å². The van der Waals surface area contributed by atoms with Crippen molar-refractivity contribution in [2.75, 3.05) is 0 Å². The number of hydrogen-bond acceptors (Lipinski definition) is 1. The molecule has 0 aliphatic rings. The zero-order chi connectivity index (χ0) is 10.4. The molecule has 0 aromatic carbocycles. The highest BCUT2D eigenvalue weighted by atomic mass is 16.4. The van der Waals surface area contributed by atoms with Gasteiger partial charge in [-0.1, -0.05) is 11.1 Å². The third kappa shape index (κ3) is 4.37. The largest absolute Gasteiger partial charge is 0.481 e. The number of terminal acetylenes is 1. The fraction of sp³-hybridized carbons (Fsp3) is 0.545. The molecule has 0 spiro atoms. The van der Waals surface area contributed by atoms with Gasteiger partial charge in [0, 0.05) is 6.42 Å². The van der Waals surface area contributed by atoms with E-state index in [-0.39, 0.29) is 0 Å². The Bertz CT molecular complexity index is 252. The minimum absolute atomic E-state index is 0.306. The van der Waals surface area contributed by atoms with Crippen LogP contribution >= 0.6 is 0 Å². The molecule has 1 unspecified atom stereocenters. The summed E-state index contributed by atoms with van der Waals surface area (Å²) in [6.45, 7) is 5.90. The van der Waals surface area contributed by atoms with Gasteiger partial charge in [0.2, 0.25) is 0 Å². The first-order valence-electron chi connectivity index (χ1n) is 4.28. The van der Waals surface area contributed by atoms with Gasteiger partial charge in [0.25, 0.3) is 0 Å². The first-order chi connectivity index (χ1) is 5.99. The fourth-order valence-corrected chi connectivity index (χ4v) is 0.963. The molecular weight excluding hydrogens is 164 g/mol. The monoisotopic (exact) mass is 180 g/mol. The van der Waals surface area contributed by atoms with Crippen LogP contribution in [0.1, 0.15) is 33.6 Å². The first kappa shape index (κ1) is 11.8. The van der Waals surface area contributed by atoms with Crippen molar-refractivity contribution in [3.05, 3.63) is 11.1 Å². The zero-order valence-electron chi connectivity index (χ0n) is 8.42. The van der Waals surface area contributed by atoms with Gasteiger partial charge in [-0.2, -0.15) is 0 Å². The second-order valence-electron chi connectivity index (χ2n) is 3.43. The summed E-state index contributed by atoms with van der Waals surface area (Å²) in [4.78, 5) is 10.7. The summed E-state index contributed by atoms with van der Waals surface area (Å²) in [7, 11) is 0. The SMILES string of the molecule is C#CCC(CC(C)=C(C)C)C(=O)O. The number of rotatable bonds is 4. The van der Waals surface area contributed by atoms with Crippen LogP contribution in [0, 0.1) is 18.3 Å². The molecule has 0 heterocycles. The van der Waals surface area contributed by atoms with E-state index in [0.717, 1.165) is 5.57 Å². The molecule has 0 aromatic heterocycles. The summed E-state index contributed by atoms with van der Waals surface area (Å²) in [6.07, 6.45) is 5.95. The number of allylic oxidation sites excluding steroid dienone is 2. The van der Waals surface area contributed by atoms with Crippen LogP contribution in [0.2, 0.25) is 0 Å². The maximum atomic E-state index is 10.7. The predicted octanol–water partition coefficient (Wildman–Crippen LogP) is 2.46. The van der Waals surface area contributed by atoms with Gasteiger partial charge in [-0.25, -0.2) is 0 Å². The topological polar surface area (TPSA) is 37.3 Å². The van der Waals surface area contributed by atoms with Crippen LogP contribution in [0.4, 0.5) is 0 Å². The smallest absolute Gasteiger partial charge is 0.307 e. The Balaban J connectivity index is 4.37. The van der Waals surface area contributed by atoms with E-state index in [1.807, 2.05) is 20.8 Å². The van der Waals surface area contributed by atoms with Crippen molar-refractivity contribution in [1.29, 1.82) is 0 Å². The molecule has 0 radical (unpaired) electrons. The van der Waals surface area contributed by atoms with Crippen molar-refractivity contribution < 1.29 is 9.90 Å². The number of carboxylic acid groups (broad SMARTS) is 1. The minimum Gasteiger partial charge on any atom is -0.481 e. The Morgan fingerprint density at radius 1 is 1.46 bits per heavy atom. The Morgan fingerprint density at radius 2 is 2.00 bits per heavy atom. The lowest BCUT2D eigenvalue weighted by Gasteiger charge is -2.10. The Morgan fingerprint density at radius 3 is 2.31 bits per heavy atom. The fourth-order valence-electron chi connectivity index (χ4n) is 0.963. The molecule has 13 heavy (non-hydrogen) atoms. The molecule has 72 valence electrons. The number of carboxylic acids is 1. The molecule has 0 saturated carbocycles. The Hall–Kier alpha value is -1.23. The van der Waals surface area contributed by atoms with Crippen molar-refractivity contribution in [2.45, 2.75) is 33.6 Å². The third-order valence-electron chi connectivity index (χ3n) is 2.12. The second-order valence-corrected chi connectivity index (χ2v) is 3.43. The summed E-state index contributed by atoms with van der Waals surface area (Å²) in [5.41, 5.74) is 2.28. The van der Waals surface area contributed by atoms with Crippen LogP contribution in [0.3, 0.4) is 0 Å². The minimum atomic E-state index is -0.807. The molecule has 1 atom stereocenters. The van der Waals surface area contributed by atoms with Gasteiger partial charge in [0.05, 0.1) is 5.92 Å². The molecule has 2 nitrogen and oxygen atoms in total. The summed E-state index contributed by atoms with van der Waals surface area (Å²) < 4.78 is 0. The average Bonchev–Trinajstić information content (AvgIpc) is 2.03. The molecule has 0 amide bonds. The lowest BCUT2D eigenvalue weighted by Crippen LogP contribution is -2.13. The van der Waals surface area contributed by atoms with Gasteiger partial charge in [-0.15, -0.1) is 12.3 Å². The lowest BCUT2D eigenvalue weighted by molar-refractivity contribution is -0.141. The van der Waals surface area contributed by atoms with Crippen molar-refractivity contribution in [3.63, 3.8) is 0 Å². The molecule has 2 heteroatoms. The van der Waals surface area contributed by atoms with Crippen molar-refractivity contribution >= 4 is 5.97 Å². The third-order valence-corrected chi connectivity index (χ3v) is 2.12. The molecule has 0 rings (SSSR count). The van der Waals surface area contributed by atoms with E-state index in [9.17, 15) is 4.79 Å². The summed E-state index contributed by atoms with van der Waals surface area (Å²) in [5, 5.41) is 8.82. The van der Waals surface area contributed by atoms with E-state index in [4.69, 9.17) is 11.5 Å². The highest BCUT2D eigenvalue weighted by Gasteiger charge is 2.16. The molecule has 0 aromatic rings. The van der Waals surface area contributed by atoms with Crippen LogP contribution in [0.15, 0.2) is 11.1 Å². The van der Waals surface area contributed by atoms with E-state index in [1.54, 1.807) is 0 Å². The summed E-state index contributed by atoms with van der Waals surface area (Å²) >= 11 is 0. The molecule has 0 aliphatic heterocycles. The summed E-state index contributed by atoms with van der Waals surface area (Å²) in [6, 6.07) is 0. The number of hydrogen-bond donors (Lipinski definition) is 1. The average molecular weight is 180 g/mol. The van der Waals surface area contributed by atoms with E-state index >= 15 is 0 Å². The Labute approximate surface area is 79.7 Å². The molecular formula is C11H16O2. The van der Waals surface area contributed by atoms with Gasteiger partial charge in [0.15, 0.2) is 0 Å². The summed E-state index contributed by atoms with van der Waals surface area (Å²) in [5.74, 6) is 1.15. The van der Waals surface area contributed by atoms with Crippen LogP contribution in [0.25, 0.3) is 0 Å². The van der Waals surface area contributed by atoms with E-state index in [2.05, 4.69) is 5.92 Å². The van der Waals surface area contributed by atoms with Crippen molar-refractivity contribution in [1.82, 2.24) is 0 Å². The maximum Gasteiger partial charge on any atom is 0.307 e. The van der Waals surface area contributed by atoms with Crippen LogP contribution < -0.4 is 0 Å². The normalized spacial score (nSPS) is 11.5. The van der Waals surface area contributed by atoms with Gasteiger partial charge in [-0.3, -0.25) is 4.79 Å². The number of carbonyl (C=O) groups is 1. The lowest BCUT2D eigenvalue weighted by atomic mass is 9.95. The predicted molar refractivity (Wildman–Crippen MR) is 53.2 cm³/mol. The second kappa shape index (κ2) is 5.42. The van der Waals surface area contributed by atoms with Crippen molar-refractivity contribution in [2.24, 2.45) is 5.92 Å². The van der Waals surface area contributed by atoms with E-state index in [1.165, 1.54) is 5.57 Å². The first-order valence-corrected chi connectivity index (χ1v) is 4.28. The van der Waals surface area contributed by atoms with Crippen LogP contribution in [-0.4, -0.2) is 11.1 Å². The Kier molecular flexibility index (Phi) is 4.91. The molecule has 1 N–H and O–H groups in total. The zero-order valence-corrected chi connectivity index (χ0v) is 8.42. The standard InChI is InChI=1S/C11H16O2/c1-5-6-10(11(12)13)7-9(4)8(2)3/h1,10H,6-7H2,2-4H3,(H,12,13). The molecule has 0 saturated heterocycles. The quantitative estimate of drug-likeness (QED) is 0.533. The highest BCUT2D eigenvalue weighted by Crippen LogP contribution is 2.17. The van der Waals surface area contributed by atoms with Crippen molar-refractivity contribution in [3.8, 4) is 12.3 Å². The van der Waals surface area contributed by atoms with Gasteiger partial charge < -0.3 is 5.11 Å². The van der Waals surface area contributed by atoms with E-state index < -0.39 is 11.9 Å².